The van der Waals surface area contributed by atoms with Crippen LogP contribution in [-0.2, 0) is 17.6 Å². The third kappa shape index (κ3) is 4.25. The Balaban J connectivity index is 1.84. The molecule has 0 fully saturated rings. The van der Waals surface area contributed by atoms with E-state index >= 15 is 0 Å². The fraction of sp³-hybridized carbons (Fsp3) is 0.562. The van der Waals surface area contributed by atoms with Crippen molar-refractivity contribution in [2.45, 2.75) is 50.0 Å². The number of benzene rings is 1. The molecule has 0 aromatic heterocycles. The first-order valence-corrected chi connectivity index (χ1v) is 8.15. The van der Waals surface area contributed by atoms with E-state index in [9.17, 15) is 4.79 Å². The zero-order valence-corrected chi connectivity index (χ0v) is 13.1. The molecule has 0 saturated carbocycles. The largest absolute Gasteiger partial charge is 0.396 e. The van der Waals surface area contributed by atoms with E-state index in [1.54, 1.807) is 11.8 Å². The van der Waals surface area contributed by atoms with Gasteiger partial charge in [0.1, 0.15) is 0 Å². The third-order valence-corrected chi connectivity index (χ3v) is 4.65. The van der Waals surface area contributed by atoms with Crippen LogP contribution >= 0.6 is 11.8 Å². The molecule has 1 amide bonds. The van der Waals surface area contributed by atoms with E-state index in [1.807, 2.05) is 13.8 Å². The minimum absolute atomic E-state index is 0.0222. The molecule has 2 N–H and O–H groups in total. The lowest BCUT2D eigenvalue weighted by Crippen LogP contribution is -2.44. The van der Waals surface area contributed by atoms with Crippen LogP contribution < -0.4 is 5.32 Å². The molecule has 0 radical (unpaired) electrons. The maximum absolute atomic E-state index is 11.9. The van der Waals surface area contributed by atoms with E-state index in [1.165, 1.54) is 35.3 Å². The number of thioether (sulfide) groups is 1. The second kappa shape index (κ2) is 6.64. The Bertz CT molecular complexity index is 485. The summed E-state index contributed by atoms with van der Waals surface area (Å²) in [6.07, 6.45) is 4.18. The number of hydrogen-bond donors (Lipinski definition) is 2. The molecule has 110 valence electrons. The van der Waals surface area contributed by atoms with E-state index < -0.39 is 0 Å². The van der Waals surface area contributed by atoms with Gasteiger partial charge in [-0.3, -0.25) is 4.79 Å². The van der Waals surface area contributed by atoms with E-state index in [2.05, 4.69) is 23.5 Å². The number of aryl methyl sites for hydroxylation is 2. The molecule has 4 heteroatoms. The monoisotopic (exact) mass is 293 g/mol. The molecule has 1 aromatic carbocycles. The quantitative estimate of drug-likeness (QED) is 0.793. The van der Waals surface area contributed by atoms with Crippen LogP contribution in [0, 0.1) is 0 Å². The highest BCUT2D eigenvalue weighted by molar-refractivity contribution is 8.00. The molecule has 0 heterocycles. The number of aliphatic hydroxyl groups excluding tert-OH is 1. The minimum atomic E-state index is -0.343. The van der Waals surface area contributed by atoms with Crippen LogP contribution in [0.15, 0.2) is 23.1 Å². The van der Waals surface area contributed by atoms with Gasteiger partial charge in [-0.1, -0.05) is 6.07 Å². The van der Waals surface area contributed by atoms with Gasteiger partial charge >= 0.3 is 0 Å². The van der Waals surface area contributed by atoms with Gasteiger partial charge in [0.15, 0.2) is 0 Å². The van der Waals surface area contributed by atoms with Gasteiger partial charge in [0.25, 0.3) is 0 Å². The summed E-state index contributed by atoms with van der Waals surface area (Å²) in [6.45, 7) is 3.95. The summed E-state index contributed by atoms with van der Waals surface area (Å²) in [5.74, 6) is 0.446. The van der Waals surface area contributed by atoms with Crippen molar-refractivity contribution in [1.82, 2.24) is 5.32 Å². The van der Waals surface area contributed by atoms with Crippen LogP contribution in [0.5, 0.6) is 0 Å². The highest BCUT2D eigenvalue weighted by Crippen LogP contribution is 2.27. The average molecular weight is 293 g/mol. The molecule has 0 aliphatic heterocycles. The first-order chi connectivity index (χ1) is 9.50. The Labute approximate surface area is 125 Å². The molecule has 0 bridgehead atoms. The normalized spacial score (nSPS) is 14.2. The summed E-state index contributed by atoms with van der Waals surface area (Å²) in [5.41, 5.74) is 2.56. The molecule has 1 aliphatic rings. The Morgan fingerprint density at radius 3 is 2.85 bits per heavy atom. The van der Waals surface area contributed by atoms with Crippen molar-refractivity contribution in [2.75, 3.05) is 12.4 Å². The molecular formula is C16H23NO2S. The van der Waals surface area contributed by atoms with Crippen molar-refractivity contribution < 1.29 is 9.90 Å². The zero-order valence-electron chi connectivity index (χ0n) is 12.2. The van der Waals surface area contributed by atoms with Gasteiger partial charge in [0.2, 0.25) is 5.91 Å². The predicted molar refractivity (Wildman–Crippen MR) is 83.1 cm³/mol. The first kappa shape index (κ1) is 15.4. The van der Waals surface area contributed by atoms with Crippen LogP contribution in [0.2, 0.25) is 0 Å². The molecule has 0 atom stereocenters. The van der Waals surface area contributed by atoms with Crippen LogP contribution in [0.25, 0.3) is 0 Å². The van der Waals surface area contributed by atoms with Crippen molar-refractivity contribution in [3.8, 4) is 0 Å². The maximum Gasteiger partial charge on any atom is 0.230 e. The van der Waals surface area contributed by atoms with Gasteiger partial charge in [0, 0.05) is 17.0 Å². The molecule has 1 aliphatic carbocycles. The summed E-state index contributed by atoms with van der Waals surface area (Å²) < 4.78 is 0. The number of amides is 1. The number of nitrogens with one attached hydrogen (secondary N) is 1. The summed E-state index contributed by atoms with van der Waals surface area (Å²) in [4.78, 5) is 13.1. The van der Waals surface area contributed by atoms with Crippen LogP contribution in [0.3, 0.4) is 0 Å². The Morgan fingerprint density at radius 1 is 1.35 bits per heavy atom. The number of hydrogen-bond acceptors (Lipinski definition) is 3. The minimum Gasteiger partial charge on any atom is -0.396 e. The number of carbonyl (C=O) groups is 1. The van der Waals surface area contributed by atoms with E-state index in [0.717, 1.165) is 0 Å². The maximum atomic E-state index is 11.9. The molecule has 0 spiro atoms. The number of rotatable bonds is 6. The fourth-order valence-corrected chi connectivity index (χ4v) is 3.30. The predicted octanol–water partition coefficient (Wildman–Crippen LogP) is 2.54. The molecular weight excluding hydrogens is 270 g/mol. The van der Waals surface area contributed by atoms with Crippen molar-refractivity contribution in [2.24, 2.45) is 0 Å². The van der Waals surface area contributed by atoms with Gasteiger partial charge in [0.05, 0.1) is 5.75 Å². The van der Waals surface area contributed by atoms with Crippen molar-refractivity contribution in [3.63, 3.8) is 0 Å². The number of fused-ring (bicyclic) bond motifs is 1. The van der Waals surface area contributed by atoms with Crippen LogP contribution in [0.4, 0.5) is 0 Å². The fourth-order valence-electron chi connectivity index (χ4n) is 2.54. The number of aliphatic hydroxyl groups is 1. The Kier molecular flexibility index (Phi) is 5.11. The lowest BCUT2D eigenvalue weighted by molar-refractivity contribution is -0.120. The van der Waals surface area contributed by atoms with Crippen molar-refractivity contribution in [1.29, 1.82) is 0 Å². The Morgan fingerprint density at radius 2 is 2.10 bits per heavy atom. The van der Waals surface area contributed by atoms with Gasteiger partial charge in [-0.25, -0.2) is 0 Å². The van der Waals surface area contributed by atoms with Gasteiger partial charge in [-0.15, -0.1) is 11.8 Å². The highest BCUT2D eigenvalue weighted by Gasteiger charge is 2.19. The third-order valence-electron chi connectivity index (χ3n) is 3.65. The molecule has 20 heavy (non-hydrogen) atoms. The van der Waals surface area contributed by atoms with Gasteiger partial charge < -0.3 is 10.4 Å². The smallest absolute Gasteiger partial charge is 0.230 e. The summed E-state index contributed by atoms with van der Waals surface area (Å²) >= 11 is 1.58. The topological polar surface area (TPSA) is 49.3 Å². The second-order valence-corrected chi connectivity index (χ2v) is 7.03. The molecule has 3 nitrogen and oxygen atoms in total. The highest BCUT2D eigenvalue weighted by atomic mass is 32.2. The van der Waals surface area contributed by atoms with Gasteiger partial charge in [-0.05, 0) is 62.8 Å². The Hall–Kier alpha value is -1.00. The standard InChI is InChI=1S/C16H23NO2S/c1-16(2,8-9-18)17-15(19)11-20-14-7-6-12-4-3-5-13(12)10-14/h6-7,10,18H,3-5,8-9,11H2,1-2H3,(H,17,19). The average Bonchev–Trinajstić information content (AvgIpc) is 2.82. The summed E-state index contributed by atoms with van der Waals surface area (Å²) in [5, 5.41) is 11.9. The SMILES string of the molecule is CC(C)(CCO)NC(=O)CSc1ccc2c(c1)CCC2. The molecule has 2 rings (SSSR count). The van der Waals surface area contributed by atoms with Crippen LogP contribution in [0.1, 0.15) is 37.8 Å². The molecule has 0 saturated heterocycles. The van der Waals surface area contributed by atoms with Crippen molar-refractivity contribution in [3.05, 3.63) is 29.3 Å². The zero-order chi connectivity index (χ0) is 14.6. The molecule has 1 aromatic rings. The lowest BCUT2D eigenvalue weighted by Gasteiger charge is -2.25. The second-order valence-electron chi connectivity index (χ2n) is 5.98. The van der Waals surface area contributed by atoms with Crippen LogP contribution in [-0.4, -0.2) is 28.9 Å². The first-order valence-electron chi connectivity index (χ1n) is 7.17. The lowest BCUT2D eigenvalue weighted by atomic mass is 10.0. The summed E-state index contributed by atoms with van der Waals surface area (Å²) in [6, 6.07) is 6.53. The van der Waals surface area contributed by atoms with Crippen molar-refractivity contribution >= 4 is 17.7 Å². The van der Waals surface area contributed by atoms with E-state index in [0.29, 0.717) is 12.2 Å². The van der Waals surface area contributed by atoms with E-state index in [4.69, 9.17) is 5.11 Å². The van der Waals surface area contributed by atoms with Gasteiger partial charge in [-0.2, -0.15) is 0 Å². The number of carbonyl (C=O) groups excluding carboxylic acids is 1. The van der Waals surface area contributed by atoms with E-state index in [-0.39, 0.29) is 18.1 Å². The molecule has 0 unspecified atom stereocenters. The summed E-state index contributed by atoms with van der Waals surface area (Å²) in [7, 11) is 0.